The Balaban J connectivity index is 2.59. The van der Waals surface area contributed by atoms with Crippen molar-refractivity contribution in [1.29, 1.82) is 0 Å². The van der Waals surface area contributed by atoms with Crippen molar-refractivity contribution >= 4 is 5.97 Å². The predicted octanol–water partition coefficient (Wildman–Crippen LogP) is 4.11. The molecule has 0 heterocycles. The maximum atomic E-state index is 10.4. The molecule has 0 fully saturated rings. The van der Waals surface area contributed by atoms with E-state index in [0.29, 0.717) is 6.42 Å². The van der Waals surface area contributed by atoms with Crippen LogP contribution in [-0.2, 0) is 11.2 Å². The maximum absolute atomic E-state index is 10.4. The summed E-state index contributed by atoms with van der Waals surface area (Å²) in [5, 5.41) is 8.59. The first-order valence-electron chi connectivity index (χ1n) is 6.71. The smallest absolute Gasteiger partial charge is 0.303 e. The van der Waals surface area contributed by atoms with Crippen LogP contribution in [0, 0.1) is 27.7 Å². The molecule has 100 valence electrons. The number of hydrogen-bond donors (Lipinski definition) is 1. The number of aliphatic carboxylic acids is 1. The normalized spacial score (nSPS) is 10.7. The standard InChI is InChI=1S/C16H24O2/c1-11-10-12(2)14(4)15(13(11)3)8-6-5-7-9-16(17)18/h10H,5-9H2,1-4H3,(H,17,18). The number of carboxylic acids is 1. The Labute approximate surface area is 110 Å². The van der Waals surface area contributed by atoms with Crippen molar-refractivity contribution in [2.45, 2.75) is 59.8 Å². The summed E-state index contributed by atoms with van der Waals surface area (Å²) in [6.07, 6.45) is 4.23. The van der Waals surface area contributed by atoms with Gasteiger partial charge in [0.1, 0.15) is 0 Å². The van der Waals surface area contributed by atoms with Crippen LogP contribution in [0.25, 0.3) is 0 Å². The summed E-state index contributed by atoms with van der Waals surface area (Å²) in [4.78, 5) is 10.4. The molecule has 1 N–H and O–H groups in total. The highest BCUT2D eigenvalue weighted by Gasteiger charge is 2.08. The first-order chi connectivity index (χ1) is 8.43. The van der Waals surface area contributed by atoms with Gasteiger partial charge in [0.25, 0.3) is 0 Å². The second-order valence-electron chi connectivity index (χ2n) is 5.19. The van der Waals surface area contributed by atoms with Crippen LogP contribution in [0.15, 0.2) is 6.07 Å². The number of rotatable bonds is 6. The highest BCUT2D eigenvalue weighted by Crippen LogP contribution is 2.23. The van der Waals surface area contributed by atoms with E-state index >= 15 is 0 Å². The fourth-order valence-electron chi connectivity index (χ4n) is 2.43. The average Bonchev–Trinajstić information content (AvgIpc) is 2.30. The molecule has 0 aliphatic heterocycles. The molecule has 1 aromatic rings. The van der Waals surface area contributed by atoms with Gasteiger partial charge in [-0.1, -0.05) is 12.5 Å². The third-order valence-electron chi connectivity index (χ3n) is 3.84. The monoisotopic (exact) mass is 248 g/mol. The van der Waals surface area contributed by atoms with E-state index in [2.05, 4.69) is 33.8 Å². The molecule has 18 heavy (non-hydrogen) atoms. The molecule has 2 heteroatoms. The van der Waals surface area contributed by atoms with Gasteiger partial charge < -0.3 is 5.11 Å². The molecule has 0 bridgehead atoms. The fraction of sp³-hybridized carbons (Fsp3) is 0.562. The van der Waals surface area contributed by atoms with Crippen molar-refractivity contribution < 1.29 is 9.90 Å². The van der Waals surface area contributed by atoms with E-state index in [1.807, 2.05) is 0 Å². The maximum Gasteiger partial charge on any atom is 0.303 e. The number of carbonyl (C=O) groups is 1. The van der Waals surface area contributed by atoms with Crippen molar-refractivity contribution in [2.24, 2.45) is 0 Å². The van der Waals surface area contributed by atoms with Gasteiger partial charge in [-0.2, -0.15) is 0 Å². The van der Waals surface area contributed by atoms with Crippen molar-refractivity contribution in [3.8, 4) is 0 Å². The van der Waals surface area contributed by atoms with E-state index in [0.717, 1.165) is 25.7 Å². The quantitative estimate of drug-likeness (QED) is 0.769. The van der Waals surface area contributed by atoms with Crippen molar-refractivity contribution in [3.05, 3.63) is 33.9 Å². The number of carboxylic acid groups (broad SMARTS) is 1. The Morgan fingerprint density at radius 2 is 1.56 bits per heavy atom. The minimum absolute atomic E-state index is 0.296. The lowest BCUT2D eigenvalue weighted by atomic mass is 9.91. The molecule has 0 aliphatic carbocycles. The number of hydrogen-bond acceptors (Lipinski definition) is 1. The van der Waals surface area contributed by atoms with Gasteiger partial charge >= 0.3 is 5.97 Å². The average molecular weight is 248 g/mol. The van der Waals surface area contributed by atoms with Crippen LogP contribution in [0.5, 0.6) is 0 Å². The third-order valence-corrected chi connectivity index (χ3v) is 3.84. The second kappa shape index (κ2) is 6.58. The van der Waals surface area contributed by atoms with Gasteiger partial charge in [0.2, 0.25) is 0 Å². The highest BCUT2D eigenvalue weighted by atomic mass is 16.4. The van der Waals surface area contributed by atoms with Gasteiger partial charge in [-0.3, -0.25) is 4.79 Å². The molecular formula is C16H24O2. The molecule has 0 spiro atoms. The van der Waals surface area contributed by atoms with Crippen molar-refractivity contribution in [3.63, 3.8) is 0 Å². The largest absolute Gasteiger partial charge is 0.481 e. The van der Waals surface area contributed by atoms with Gasteiger partial charge in [0.05, 0.1) is 0 Å². The first-order valence-corrected chi connectivity index (χ1v) is 6.71. The van der Waals surface area contributed by atoms with E-state index < -0.39 is 5.97 Å². The first kappa shape index (κ1) is 14.7. The van der Waals surface area contributed by atoms with E-state index in [9.17, 15) is 4.79 Å². The third kappa shape index (κ3) is 3.86. The van der Waals surface area contributed by atoms with E-state index in [1.54, 1.807) is 0 Å². The van der Waals surface area contributed by atoms with Gasteiger partial charge in [-0.15, -0.1) is 0 Å². The summed E-state index contributed by atoms with van der Waals surface area (Å²) in [5.74, 6) is -0.686. The number of aryl methyl sites for hydroxylation is 2. The minimum Gasteiger partial charge on any atom is -0.481 e. The summed E-state index contributed by atoms with van der Waals surface area (Å²) < 4.78 is 0. The molecule has 0 saturated heterocycles. The van der Waals surface area contributed by atoms with Gasteiger partial charge in [0.15, 0.2) is 0 Å². The molecule has 0 unspecified atom stereocenters. The van der Waals surface area contributed by atoms with Crippen LogP contribution in [0.2, 0.25) is 0 Å². The lowest BCUT2D eigenvalue weighted by Gasteiger charge is -2.15. The molecule has 1 aromatic carbocycles. The summed E-state index contributed by atoms with van der Waals surface area (Å²) in [6, 6.07) is 2.25. The Morgan fingerprint density at radius 1 is 1.00 bits per heavy atom. The van der Waals surface area contributed by atoms with Crippen LogP contribution in [0.3, 0.4) is 0 Å². The number of benzene rings is 1. The lowest BCUT2D eigenvalue weighted by Crippen LogP contribution is -2.00. The van der Waals surface area contributed by atoms with E-state index in [-0.39, 0.29) is 0 Å². The molecule has 0 radical (unpaired) electrons. The van der Waals surface area contributed by atoms with Crippen LogP contribution in [0.4, 0.5) is 0 Å². The van der Waals surface area contributed by atoms with E-state index in [1.165, 1.54) is 27.8 Å². The SMILES string of the molecule is Cc1cc(C)c(C)c(CCCCCC(=O)O)c1C. The molecule has 1 rings (SSSR count). The van der Waals surface area contributed by atoms with Crippen LogP contribution in [0.1, 0.15) is 53.5 Å². The van der Waals surface area contributed by atoms with E-state index in [4.69, 9.17) is 5.11 Å². The zero-order chi connectivity index (χ0) is 13.7. The molecular weight excluding hydrogens is 224 g/mol. The Bertz CT molecular complexity index is 407. The Hall–Kier alpha value is -1.31. The lowest BCUT2D eigenvalue weighted by molar-refractivity contribution is -0.137. The summed E-state index contributed by atoms with van der Waals surface area (Å²) in [6.45, 7) is 8.70. The Kier molecular flexibility index (Phi) is 5.39. The minimum atomic E-state index is -0.686. The Morgan fingerprint density at radius 3 is 2.06 bits per heavy atom. The van der Waals surface area contributed by atoms with Gasteiger partial charge in [-0.05, 0) is 74.8 Å². The molecule has 0 aliphatic rings. The second-order valence-corrected chi connectivity index (χ2v) is 5.19. The van der Waals surface area contributed by atoms with Crippen molar-refractivity contribution in [2.75, 3.05) is 0 Å². The molecule has 2 nitrogen and oxygen atoms in total. The molecule has 0 aromatic heterocycles. The summed E-state index contributed by atoms with van der Waals surface area (Å²) >= 11 is 0. The van der Waals surface area contributed by atoms with Crippen molar-refractivity contribution in [1.82, 2.24) is 0 Å². The molecule has 0 saturated carbocycles. The molecule has 0 atom stereocenters. The topological polar surface area (TPSA) is 37.3 Å². The van der Waals surface area contributed by atoms with Gasteiger partial charge in [0, 0.05) is 6.42 Å². The zero-order valence-corrected chi connectivity index (χ0v) is 12.0. The van der Waals surface area contributed by atoms with Gasteiger partial charge in [-0.25, -0.2) is 0 Å². The highest BCUT2D eigenvalue weighted by molar-refractivity contribution is 5.66. The summed E-state index contributed by atoms with van der Waals surface area (Å²) in [5.41, 5.74) is 6.98. The number of unbranched alkanes of at least 4 members (excludes halogenated alkanes) is 2. The predicted molar refractivity (Wildman–Crippen MR) is 75.2 cm³/mol. The zero-order valence-electron chi connectivity index (χ0n) is 12.0. The summed E-state index contributed by atoms with van der Waals surface area (Å²) in [7, 11) is 0. The van der Waals surface area contributed by atoms with Crippen LogP contribution >= 0.6 is 0 Å². The molecule has 0 amide bonds. The van der Waals surface area contributed by atoms with Crippen LogP contribution < -0.4 is 0 Å². The fourth-order valence-corrected chi connectivity index (χ4v) is 2.43. The van der Waals surface area contributed by atoms with Crippen LogP contribution in [-0.4, -0.2) is 11.1 Å².